The van der Waals surface area contributed by atoms with Gasteiger partial charge in [-0.2, -0.15) is 0 Å². The number of nitrogens with zero attached hydrogens (tertiary/aromatic N) is 1. The summed E-state index contributed by atoms with van der Waals surface area (Å²) in [6.45, 7) is 1.68. The van der Waals surface area contributed by atoms with Gasteiger partial charge in [-0.3, -0.25) is 0 Å². The molecule has 8 heteroatoms. The van der Waals surface area contributed by atoms with Crippen LogP contribution in [0.5, 0.6) is 0 Å². The fourth-order valence-electron chi connectivity index (χ4n) is 1.26. The van der Waals surface area contributed by atoms with Gasteiger partial charge in [0, 0.05) is 0 Å². The summed E-state index contributed by atoms with van der Waals surface area (Å²) in [5, 5.41) is 3.77. The highest BCUT2D eigenvalue weighted by atomic mass is 79.9. The molecule has 0 amide bonds. The van der Waals surface area contributed by atoms with Crippen molar-refractivity contribution in [3.8, 4) is 0 Å². The molecule has 0 unspecified atom stereocenters. The van der Waals surface area contributed by atoms with Crippen molar-refractivity contribution in [2.75, 3.05) is 4.72 Å². The summed E-state index contributed by atoms with van der Waals surface area (Å²) in [5.74, 6) is 0.0208. The van der Waals surface area contributed by atoms with Gasteiger partial charge < -0.3 is 4.52 Å². The van der Waals surface area contributed by atoms with E-state index in [-0.39, 0.29) is 15.8 Å². The van der Waals surface area contributed by atoms with Crippen LogP contribution in [0.25, 0.3) is 0 Å². The van der Waals surface area contributed by atoms with E-state index in [1.54, 1.807) is 19.1 Å². The molecule has 0 saturated heterocycles. The van der Waals surface area contributed by atoms with E-state index in [9.17, 15) is 8.42 Å². The zero-order valence-corrected chi connectivity index (χ0v) is 12.3. The predicted molar refractivity (Wildman–Crippen MR) is 71.2 cm³/mol. The van der Waals surface area contributed by atoms with Crippen LogP contribution in [-0.2, 0) is 10.0 Å². The SMILES string of the molecule is Cc1noc(NS(=O)(=O)c2ccccc2Cl)c1Br. The van der Waals surface area contributed by atoms with Crippen LogP contribution in [0, 0.1) is 6.92 Å². The highest BCUT2D eigenvalue weighted by Crippen LogP contribution is 2.29. The van der Waals surface area contributed by atoms with Gasteiger partial charge in [-0.05, 0) is 35.0 Å². The topological polar surface area (TPSA) is 72.2 Å². The number of sulfonamides is 1. The number of hydrogen-bond acceptors (Lipinski definition) is 4. The van der Waals surface area contributed by atoms with Crippen LogP contribution in [0.2, 0.25) is 5.02 Å². The first kappa shape index (κ1) is 13.4. The second kappa shape index (κ2) is 4.91. The van der Waals surface area contributed by atoms with Crippen LogP contribution in [0.1, 0.15) is 5.69 Å². The molecule has 0 radical (unpaired) electrons. The Hall–Kier alpha value is -1.05. The van der Waals surface area contributed by atoms with Gasteiger partial charge in [0.05, 0.1) is 10.7 Å². The monoisotopic (exact) mass is 350 g/mol. The fourth-order valence-corrected chi connectivity index (χ4v) is 3.15. The number of halogens is 2. The smallest absolute Gasteiger partial charge is 0.265 e. The third kappa shape index (κ3) is 2.52. The molecule has 1 N–H and O–H groups in total. The number of hydrogen-bond donors (Lipinski definition) is 1. The summed E-state index contributed by atoms with van der Waals surface area (Å²) in [5.41, 5.74) is 0.548. The Labute approximate surface area is 117 Å². The van der Waals surface area contributed by atoms with E-state index in [2.05, 4.69) is 25.8 Å². The van der Waals surface area contributed by atoms with Crippen molar-refractivity contribution in [2.24, 2.45) is 0 Å². The normalized spacial score (nSPS) is 11.5. The molecule has 1 aromatic heterocycles. The third-order valence-electron chi connectivity index (χ3n) is 2.14. The molecule has 0 aliphatic rings. The van der Waals surface area contributed by atoms with E-state index in [0.717, 1.165) is 0 Å². The van der Waals surface area contributed by atoms with Gasteiger partial charge in [0.25, 0.3) is 15.9 Å². The van der Waals surface area contributed by atoms with Crippen molar-refractivity contribution in [1.82, 2.24) is 5.16 Å². The lowest BCUT2D eigenvalue weighted by Gasteiger charge is -2.06. The van der Waals surface area contributed by atoms with Gasteiger partial charge in [0.2, 0.25) is 0 Å². The van der Waals surface area contributed by atoms with Crippen LogP contribution in [0.3, 0.4) is 0 Å². The molecule has 1 heterocycles. The molecule has 18 heavy (non-hydrogen) atoms. The van der Waals surface area contributed by atoms with Gasteiger partial charge in [0.1, 0.15) is 9.37 Å². The lowest BCUT2D eigenvalue weighted by molar-refractivity contribution is 0.430. The molecule has 0 saturated carbocycles. The minimum Gasteiger partial charge on any atom is -0.336 e. The standard InChI is InChI=1S/C10H8BrClN2O3S/c1-6-9(11)10(17-13-6)14-18(15,16)8-5-3-2-4-7(8)12/h2-5,14H,1H3. The molecule has 2 rings (SSSR count). The van der Waals surface area contributed by atoms with E-state index >= 15 is 0 Å². The van der Waals surface area contributed by atoms with Crippen LogP contribution < -0.4 is 4.72 Å². The average molecular weight is 352 g/mol. The highest BCUT2D eigenvalue weighted by Gasteiger charge is 2.21. The van der Waals surface area contributed by atoms with Crippen LogP contribution in [-0.4, -0.2) is 13.6 Å². The Kier molecular flexibility index (Phi) is 3.65. The maximum Gasteiger partial charge on any atom is 0.265 e. The van der Waals surface area contributed by atoms with Crippen molar-refractivity contribution in [3.63, 3.8) is 0 Å². The summed E-state index contributed by atoms with van der Waals surface area (Å²) in [6, 6.07) is 6.13. The summed E-state index contributed by atoms with van der Waals surface area (Å²) < 4.78 is 31.8. The second-order valence-corrected chi connectivity index (χ2v) is 6.30. The minimum atomic E-state index is -3.80. The number of anilines is 1. The van der Waals surface area contributed by atoms with Crippen molar-refractivity contribution >= 4 is 43.4 Å². The number of nitrogens with one attached hydrogen (secondary N) is 1. The van der Waals surface area contributed by atoms with E-state index < -0.39 is 10.0 Å². The maximum atomic E-state index is 12.1. The predicted octanol–water partition coefficient (Wildman–Crippen LogP) is 3.20. The van der Waals surface area contributed by atoms with Gasteiger partial charge in [-0.25, -0.2) is 13.1 Å². The zero-order chi connectivity index (χ0) is 13.3. The summed E-state index contributed by atoms with van der Waals surface area (Å²) >= 11 is 9.02. The molecule has 0 aliphatic carbocycles. The Balaban J connectivity index is 2.40. The van der Waals surface area contributed by atoms with Crippen LogP contribution in [0.4, 0.5) is 5.88 Å². The van der Waals surface area contributed by atoms with Gasteiger partial charge in [0.15, 0.2) is 0 Å². The number of rotatable bonds is 3. The first-order valence-corrected chi connectivity index (χ1v) is 7.46. The third-order valence-corrected chi connectivity index (χ3v) is 4.91. The number of aromatic nitrogens is 1. The highest BCUT2D eigenvalue weighted by molar-refractivity contribution is 9.10. The molecule has 0 spiro atoms. The molecular formula is C10H8BrClN2O3S. The van der Waals surface area contributed by atoms with Crippen molar-refractivity contribution < 1.29 is 12.9 Å². The molecule has 2 aromatic rings. The Bertz CT molecular complexity index is 684. The van der Waals surface area contributed by atoms with Gasteiger partial charge in [-0.1, -0.05) is 28.9 Å². The van der Waals surface area contributed by atoms with Crippen LogP contribution >= 0.6 is 27.5 Å². The fraction of sp³-hybridized carbons (Fsp3) is 0.100. The lowest BCUT2D eigenvalue weighted by atomic mass is 10.4. The van der Waals surface area contributed by atoms with Gasteiger partial charge >= 0.3 is 0 Å². The Morgan fingerprint density at radius 1 is 1.39 bits per heavy atom. The number of benzene rings is 1. The molecule has 0 bridgehead atoms. The van der Waals surface area contributed by atoms with Crippen LogP contribution in [0.15, 0.2) is 38.2 Å². The first-order chi connectivity index (χ1) is 8.42. The van der Waals surface area contributed by atoms with Gasteiger partial charge in [-0.15, -0.1) is 0 Å². The molecule has 5 nitrogen and oxygen atoms in total. The second-order valence-electron chi connectivity index (χ2n) is 3.45. The van der Waals surface area contributed by atoms with E-state index in [1.165, 1.54) is 12.1 Å². The molecular weight excluding hydrogens is 344 g/mol. The largest absolute Gasteiger partial charge is 0.336 e. The van der Waals surface area contributed by atoms with Crippen molar-refractivity contribution in [2.45, 2.75) is 11.8 Å². The molecule has 0 atom stereocenters. The quantitative estimate of drug-likeness (QED) is 0.921. The maximum absolute atomic E-state index is 12.1. The summed E-state index contributed by atoms with van der Waals surface area (Å²) in [6.07, 6.45) is 0. The van der Waals surface area contributed by atoms with E-state index in [1.807, 2.05) is 0 Å². The molecule has 0 fully saturated rings. The minimum absolute atomic E-state index is 0.0207. The van der Waals surface area contributed by atoms with Crippen molar-refractivity contribution in [1.29, 1.82) is 0 Å². The zero-order valence-electron chi connectivity index (χ0n) is 9.15. The van der Waals surface area contributed by atoms with Crippen molar-refractivity contribution in [3.05, 3.63) is 39.5 Å². The molecule has 1 aromatic carbocycles. The Morgan fingerprint density at radius 2 is 2.06 bits per heavy atom. The number of aryl methyl sites for hydroxylation is 1. The first-order valence-electron chi connectivity index (χ1n) is 4.81. The average Bonchev–Trinajstić information content (AvgIpc) is 2.61. The Morgan fingerprint density at radius 3 is 2.61 bits per heavy atom. The van der Waals surface area contributed by atoms with E-state index in [4.69, 9.17) is 16.1 Å². The summed E-state index contributed by atoms with van der Waals surface area (Å²) in [7, 11) is -3.80. The lowest BCUT2D eigenvalue weighted by Crippen LogP contribution is -2.13. The molecule has 96 valence electrons. The van der Waals surface area contributed by atoms with E-state index in [0.29, 0.717) is 10.2 Å². The summed E-state index contributed by atoms with van der Waals surface area (Å²) in [4.78, 5) is -0.0207. The molecule has 0 aliphatic heterocycles.